The average Bonchev–Trinajstić information content (AvgIpc) is 3.52. The summed E-state index contributed by atoms with van der Waals surface area (Å²) in [7, 11) is -1.38. The zero-order chi connectivity index (χ0) is 31.1. The highest BCUT2D eigenvalue weighted by Gasteiger charge is 2.33. The monoisotopic (exact) mass is 627 g/mol. The zero-order valence-corrected chi connectivity index (χ0v) is 26.5. The number of methoxy groups -OCH3 is 2. The van der Waals surface area contributed by atoms with Gasteiger partial charge in [-0.25, -0.2) is 8.42 Å². The molecule has 1 aliphatic carbocycles. The van der Waals surface area contributed by atoms with Crippen molar-refractivity contribution in [3.05, 3.63) is 82.9 Å². The van der Waals surface area contributed by atoms with Crippen molar-refractivity contribution in [1.29, 1.82) is 0 Å². The summed E-state index contributed by atoms with van der Waals surface area (Å²) in [6.07, 6.45) is 3.89. The Hall–Kier alpha value is -3.76. The van der Waals surface area contributed by atoms with Gasteiger partial charge < -0.3 is 19.7 Å². The predicted octanol–water partition coefficient (Wildman–Crippen LogP) is 5.34. The first kappa shape index (κ1) is 32.2. The van der Waals surface area contributed by atoms with E-state index in [2.05, 4.69) is 5.32 Å². The molecule has 4 rings (SSSR count). The Labute approximate surface area is 258 Å². The lowest BCUT2D eigenvalue weighted by molar-refractivity contribution is -0.139. The summed E-state index contributed by atoms with van der Waals surface area (Å²) in [5.41, 5.74) is 1.99. The van der Waals surface area contributed by atoms with Crippen molar-refractivity contribution in [1.82, 2.24) is 10.2 Å². The Kier molecular flexibility index (Phi) is 10.6. The van der Waals surface area contributed by atoms with Gasteiger partial charge in [0.15, 0.2) is 11.5 Å². The first-order chi connectivity index (χ1) is 20.5. The van der Waals surface area contributed by atoms with Crippen LogP contribution >= 0.6 is 11.6 Å². The third kappa shape index (κ3) is 7.80. The van der Waals surface area contributed by atoms with Crippen molar-refractivity contribution in [2.24, 2.45) is 0 Å². The Morgan fingerprint density at radius 1 is 0.953 bits per heavy atom. The highest BCUT2D eigenvalue weighted by Crippen LogP contribution is 2.32. The van der Waals surface area contributed by atoms with E-state index in [1.54, 1.807) is 55.5 Å². The van der Waals surface area contributed by atoms with Gasteiger partial charge in [-0.1, -0.05) is 54.3 Å². The smallest absolute Gasteiger partial charge is 0.264 e. The van der Waals surface area contributed by atoms with Gasteiger partial charge in [0.05, 0.1) is 24.8 Å². The van der Waals surface area contributed by atoms with E-state index in [1.807, 2.05) is 6.92 Å². The second-order valence-corrected chi connectivity index (χ2v) is 13.0. The van der Waals surface area contributed by atoms with Crippen LogP contribution in [0.2, 0.25) is 5.02 Å². The first-order valence-corrected chi connectivity index (χ1v) is 16.0. The second-order valence-electron chi connectivity index (χ2n) is 10.7. The molecule has 11 heteroatoms. The summed E-state index contributed by atoms with van der Waals surface area (Å²) in [4.78, 5) is 28.8. The van der Waals surface area contributed by atoms with Crippen molar-refractivity contribution in [3.8, 4) is 11.5 Å². The number of benzene rings is 3. The maximum atomic E-state index is 14.1. The molecule has 0 saturated heterocycles. The number of rotatable bonds is 12. The van der Waals surface area contributed by atoms with Crippen molar-refractivity contribution in [3.63, 3.8) is 0 Å². The largest absolute Gasteiger partial charge is 0.493 e. The number of anilines is 1. The molecule has 1 atom stereocenters. The number of hydrogen-bond acceptors (Lipinski definition) is 6. The molecule has 0 heterocycles. The van der Waals surface area contributed by atoms with Gasteiger partial charge in [0.2, 0.25) is 11.8 Å². The van der Waals surface area contributed by atoms with E-state index >= 15 is 0 Å². The summed E-state index contributed by atoms with van der Waals surface area (Å²) >= 11 is 6.08. The summed E-state index contributed by atoms with van der Waals surface area (Å²) in [6.45, 7) is 3.11. The van der Waals surface area contributed by atoms with E-state index in [9.17, 15) is 18.0 Å². The number of nitrogens with zero attached hydrogens (tertiary/aromatic N) is 2. The maximum absolute atomic E-state index is 14.1. The molecule has 1 aliphatic rings. The van der Waals surface area contributed by atoms with Gasteiger partial charge in [-0.15, -0.1) is 0 Å². The van der Waals surface area contributed by atoms with Crippen LogP contribution in [-0.2, 0) is 26.2 Å². The average molecular weight is 628 g/mol. The number of nitrogens with one attached hydrogen (secondary N) is 1. The molecule has 2 amide bonds. The molecule has 0 bridgehead atoms. The third-order valence-electron chi connectivity index (χ3n) is 7.68. The number of sulfonamides is 1. The van der Waals surface area contributed by atoms with Gasteiger partial charge in [0, 0.05) is 23.7 Å². The van der Waals surface area contributed by atoms with Crippen molar-refractivity contribution >= 4 is 39.1 Å². The van der Waals surface area contributed by atoms with Crippen LogP contribution in [0.4, 0.5) is 5.69 Å². The van der Waals surface area contributed by atoms with Crippen LogP contribution in [0.25, 0.3) is 0 Å². The summed E-state index contributed by atoms with van der Waals surface area (Å²) < 4.78 is 40.0. The van der Waals surface area contributed by atoms with Crippen LogP contribution in [-0.4, -0.2) is 58.0 Å². The number of hydrogen-bond donors (Lipinski definition) is 1. The molecule has 1 unspecified atom stereocenters. The summed E-state index contributed by atoms with van der Waals surface area (Å²) in [5.74, 6) is -0.205. The topological polar surface area (TPSA) is 105 Å². The standard InChI is InChI=1S/C32H38ClN3O6S/c1-22-9-15-27(16-10-22)36(43(39,40)28-17-18-29(41-3)30(19-28)42-4)21-31(37)35(20-24-11-13-25(33)14-12-24)23(2)32(38)34-26-7-5-6-8-26/h9-19,23,26H,5-8,20-21H2,1-4H3,(H,34,38). The van der Waals surface area contributed by atoms with Gasteiger partial charge in [-0.05, 0) is 68.7 Å². The predicted molar refractivity (Wildman–Crippen MR) is 167 cm³/mol. The molecule has 3 aromatic rings. The van der Waals surface area contributed by atoms with E-state index in [0.29, 0.717) is 16.5 Å². The Balaban J connectivity index is 1.71. The van der Waals surface area contributed by atoms with Crippen LogP contribution in [0, 0.1) is 6.92 Å². The lowest BCUT2D eigenvalue weighted by Crippen LogP contribution is -2.52. The zero-order valence-electron chi connectivity index (χ0n) is 24.9. The quantitative estimate of drug-likeness (QED) is 0.291. The fourth-order valence-electron chi connectivity index (χ4n) is 5.11. The number of aryl methyl sites for hydroxylation is 1. The SMILES string of the molecule is COc1ccc(S(=O)(=O)N(CC(=O)N(Cc2ccc(Cl)cc2)C(C)C(=O)NC2CCCC2)c2ccc(C)cc2)cc1OC. The van der Waals surface area contributed by atoms with E-state index in [4.69, 9.17) is 21.1 Å². The van der Waals surface area contributed by atoms with E-state index < -0.39 is 28.5 Å². The first-order valence-electron chi connectivity index (χ1n) is 14.2. The van der Waals surface area contributed by atoms with Crippen molar-refractivity contribution in [2.45, 2.75) is 63.1 Å². The molecule has 1 N–H and O–H groups in total. The van der Waals surface area contributed by atoms with Crippen LogP contribution in [0.3, 0.4) is 0 Å². The summed E-state index contributed by atoms with van der Waals surface area (Å²) in [5, 5.41) is 3.61. The summed E-state index contributed by atoms with van der Waals surface area (Å²) in [6, 6.07) is 17.3. The van der Waals surface area contributed by atoms with Gasteiger partial charge in [-0.3, -0.25) is 13.9 Å². The fourth-order valence-corrected chi connectivity index (χ4v) is 6.66. The third-order valence-corrected chi connectivity index (χ3v) is 9.70. The lowest BCUT2D eigenvalue weighted by Gasteiger charge is -2.32. The number of carbonyl (C=O) groups is 2. The lowest BCUT2D eigenvalue weighted by atomic mass is 10.1. The molecule has 0 radical (unpaired) electrons. The minimum absolute atomic E-state index is 0.0666. The molecule has 1 saturated carbocycles. The number of ether oxygens (including phenoxy) is 2. The van der Waals surface area contributed by atoms with Crippen molar-refractivity contribution < 1.29 is 27.5 Å². The van der Waals surface area contributed by atoms with Crippen LogP contribution in [0.1, 0.15) is 43.7 Å². The molecule has 0 spiro atoms. The Bertz CT molecular complexity index is 1520. The van der Waals surface area contributed by atoms with Gasteiger partial charge in [0.1, 0.15) is 12.6 Å². The highest BCUT2D eigenvalue weighted by atomic mass is 35.5. The molecule has 3 aromatic carbocycles. The Morgan fingerprint density at radius 2 is 1.58 bits per heavy atom. The minimum Gasteiger partial charge on any atom is -0.493 e. The molecule has 230 valence electrons. The van der Waals surface area contributed by atoms with E-state index in [-0.39, 0.29) is 29.1 Å². The second kappa shape index (κ2) is 14.1. The van der Waals surface area contributed by atoms with E-state index in [0.717, 1.165) is 41.1 Å². The number of amides is 2. The fraction of sp³-hybridized carbons (Fsp3) is 0.375. The normalized spacial score (nSPS) is 14.2. The molecule has 1 fully saturated rings. The number of halogens is 1. The Morgan fingerprint density at radius 3 is 2.19 bits per heavy atom. The molecule has 43 heavy (non-hydrogen) atoms. The molecule has 9 nitrogen and oxygen atoms in total. The number of carbonyl (C=O) groups excluding carboxylic acids is 2. The van der Waals surface area contributed by atoms with Crippen LogP contribution in [0.15, 0.2) is 71.6 Å². The van der Waals surface area contributed by atoms with Crippen LogP contribution in [0.5, 0.6) is 11.5 Å². The highest BCUT2D eigenvalue weighted by molar-refractivity contribution is 7.92. The van der Waals surface area contributed by atoms with Crippen molar-refractivity contribution in [2.75, 3.05) is 25.1 Å². The van der Waals surface area contributed by atoms with Gasteiger partial charge in [-0.2, -0.15) is 0 Å². The molecule has 0 aromatic heterocycles. The molecular weight excluding hydrogens is 590 g/mol. The van der Waals surface area contributed by atoms with Gasteiger partial charge in [0.25, 0.3) is 10.0 Å². The molecule has 0 aliphatic heterocycles. The van der Waals surface area contributed by atoms with Gasteiger partial charge >= 0.3 is 0 Å². The maximum Gasteiger partial charge on any atom is 0.264 e. The van der Waals surface area contributed by atoms with E-state index in [1.165, 1.54) is 37.3 Å². The van der Waals surface area contributed by atoms with Crippen LogP contribution < -0.4 is 19.1 Å². The minimum atomic E-state index is -4.26. The molecular formula is C32H38ClN3O6S.